The third-order valence-corrected chi connectivity index (χ3v) is 3.38. The van der Waals surface area contributed by atoms with E-state index >= 15 is 0 Å². The molecule has 1 N–H and O–H groups in total. The summed E-state index contributed by atoms with van der Waals surface area (Å²) in [5.41, 5.74) is 0. The molecule has 1 fully saturated rings. The summed E-state index contributed by atoms with van der Waals surface area (Å²) >= 11 is 3.33. The fraction of sp³-hybridized carbons (Fsp3) is 0.636. The quantitative estimate of drug-likeness (QED) is 0.896. The van der Waals surface area contributed by atoms with Crippen LogP contribution in [0.2, 0.25) is 0 Å². The van der Waals surface area contributed by atoms with Crippen LogP contribution in [0.15, 0.2) is 16.9 Å². The van der Waals surface area contributed by atoms with Gasteiger partial charge in [0.2, 0.25) is 5.95 Å². The van der Waals surface area contributed by atoms with Gasteiger partial charge in [0.1, 0.15) is 0 Å². The molecule has 2 rings (SSSR count). The second-order valence-corrected chi connectivity index (χ2v) is 5.24. The normalized spacial score (nSPS) is 26.3. The molecule has 4 heteroatoms. The Morgan fingerprint density at radius 2 is 1.80 bits per heavy atom. The number of nitrogens with zero attached hydrogens (tertiary/aromatic N) is 2. The summed E-state index contributed by atoms with van der Waals surface area (Å²) in [5.74, 6) is 1.63. The first-order valence-corrected chi connectivity index (χ1v) is 6.27. The van der Waals surface area contributed by atoms with Crippen molar-refractivity contribution < 1.29 is 0 Å². The number of aromatic nitrogens is 2. The van der Waals surface area contributed by atoms with E-state index in [0.717, 1.165) is 16.3 Å². The lowest BCUT2D eigenvalue weighted by atomic mass is 9.87. The molecule has 0 spiro atoms. The molecule has 1 saturated carbocycles. The van der Waals surface area contributed by atoms with Gasteiger partial charge >= 0.3 is 0 Å². The van der Waals surface area contributed by atoms with Gasteiger partial charge in [0.25, 0.3) is 0 Å². The van der Waals surface area contributed by atoms with Gasteiger partial charge in [-0.05, 0) is 47.5 Å². The molecule has 82 valence electrons. The highest BCUT2D eigenvalue weighted by molar-refractivity contribution is 9.10. The summed E-state index contributed by atoms with van der Waals surface area (Å²) in [6.07, 6.45) is 8.66. The average molecular weight is 270 g/mol. The largest absolute Gasteiger partial charge is 0.351 e. The van der Waals surface area contributed by atoms with Crippen LogP contribution in [0.3, 0.4) is 0 Å². The van der Waals surface area contributed by atoms with Crippen LogP contribution in [-0.4, -0.2) is 16.0 Å². The summed E-state index contributed by atoms with van der Waals surface area (Å²) < 4.78 is 0.922. The predicted octanol–water partition coefficient (Wildman–Crippen LogP) is 3.23. The van der Waals surface area contributed by atoms with Crippen LogP contribution in [0.25, 0.3) is 0 Å². The zero-order valence-electron chi connectivity index (χ0n) is 8.91. The standard InChI is InChI=1S/C11H16BrN3/c1-8-2-4-10(5-3-8)15-11-13-6-9(12)7-14-11/h6-8,10H,2-5H2,1H3,(H,13,14,15)/t8-,10-. The number of nitrogens with one attached hydrogen (secondary N) is 1. The van der Waals surface area contributed by atoms with Crippen molar-refractivity contribution in [1.29, 1.82) is 0 Å². The van der Waals surface area contributed by atoms with Crippen molar-refractivity contribution in [3.8, 4) is 0 Å². The first kappa shape index (κ1) is 10.9. The Morgan fingerprint density at radius 3 is 2.40 bits per heavy atom. The lowest BCUT2D eigenvalue weighted by Crippen LogP contribution is -2.26. The number of rotatable bonds is 2. The summed E-state index contributed by atoms with van der Waals surface area (Å²) in [6.45, 7) is 2.33. The molecule has 15 heavy (non-hydrogen) atoms. The Bertz CT molecular complexity index is 304. The summed E-state index contributed by atoms with van der Waals surface area (Å²) in [6, 6.07) is 0.558. The molecular formula is C11H16BrN3. The van der Waals surface area contributed by atoms with E-state index in [4.69, 9.17) is 0 Å². The summed E-state index contributed by atoms with van der Waals surface area (Å²) in [5, 5.41) is 3.39. The number of halogens is 1. The van der Waals surface area contributed by atoms with Crippen molar-refractivity contribution in [1.82, 2.24) is 9.97 Å². The number of hydrogen-bond acceptors (Lipinski definition) is 3. The molecule has 0 radical (unpaired) electrons. The third-order valence-electron chi connectivity index (χ3n) is 2.97. The van der Waals surface area contributed by atoms with Gasteiger partial charge in [-0.1, -0.05) is 6.92 Å². The number of anilines is 1. The molecule has 3 nitrogen and oxygen atoms in total. The first-order chi connectivity index (χ1) is 7.24. The first-order valence-electron chi connectivity index (χ1n) is 5.48. The molecule has 0 saturated heterocycles. The minimum Gasteiger partial charge on any atom is -0.351 e. The second kappa shape index (κ2) is 4.92. The van der Waals surface area contributed by atoms with Crippen molar-refractivity contribution in [2.45, 2.75) is 38.6 Å². The van der Waals surface area contributed by atoms with Gasteiger partial charge < -0.3 is 5.32 Å². The lowest BCUT2D eigenvalue weighted by molar-refractivity contribution is 0.360. The molecule has 1 heterocycles. The maximum Gasteiger partial charge on any atom is 0.222 e. The van der Waals surface area contributed by atoms with E-state index in [9.17, 15) is 0 Å². The Hall–Kier alpha value is -0.640. The second-order valence-electron chi connectivity index (χ2n) is 4.33. The Morgan fingerprint density at radius 1 is 1.20 bits per heavy atom. The van der Waals surface area contributed by atoms with Crippen molar-refractivity contribution >= 4 is 21.9 Å². The lowest BCUT2D eigenvalue weighted by Gasteiger charge is -2.26. The van der Waals surface area contributed by atoms with Crippen LogP contribution in [-0.2, 0) is 0 Å². The molecule has 0 amide bonds. The molecule has 1 aliphatic carbocycles. The van der Waals surface area contributed by atoms with E-state index < -0.39 is 0 Å². The monoisotopic (exact) mass is 269 g/mol. The highest BCUT2D eigenvalue weighted by Gasteiger charge is 2.18. The maximum absolute atomic E-state index is 4.22. The average Bonchev–Trinajstić information content (AvgIpc) is 2.25. The van der Waals surface area contributed by atoms with Gasteiger partial charge in [0, 0.05) is 18.4 Å². The highest BCUT2D eigenvalue weighted by Crippen LogP contribution is 2.25. The van der Waals surface area contributed by atoms with Crippen LogP contribution in [0.1, 0.15) is 32.6 Å². The Balaban J connectivity index is 1.89. The van der Waals surface area contributed by atoms with Gasteiger partial charge in [-0.2, -0.15) is 0 Å². The van der Waals surface area contributed by atoms with Gasteiger partial charge in [-0.25, -0.2) is 9.97 Å². The molecule has 1 aliphatic rings. The summed E-state index contributed by atoms with van der Waals surface area (Å²) in [7, 11) is 0. The Labute approximate surface area is 98.8 Å². The number of hydrogen-bond donors (Lipinski definition) is 1. The van der Waals surface area contributed by atoms with Crippen LogP contribution >= 0.6 is 15.9 Å². The van der Waals surface area contributed by atoms with Crippen molar-refractivity contribution in [2.75, 3.05) is 5.32 Å². The van der Waals surface area contributed by atoms with Crippen LogP contribution in [0, 0.1) is 5.92 Å². The van der Waals surface area contributed by atoms with Crippen LogP contribution < -0.4 is 5.32 Å². The van der Waals surface area contributed by atoms with Crippen LogP contribution in [0.4, 0.5) is 5.95 Å². The van der Waals surface area contributed by atoms with Crippen molar-refractivity contribution in [3.05, 3.63) is 16.9 Å². The van der Waals surface area contributed by atoms with Gasteiger partial charge in [-0.3, -0.25) is 0 Å². The van der Waals surface area contributed by atoms with Gasteiger partial charge in [0.15, 0.2) is 0 Å². The fourth-order valence-corrected chi connectivity index (χ4v) is 2.18. The van der Waals surface area contributed by atoms with Crippen molar-refractivity contribution in [2.24, 2.45) is 5.92 Å². The van der Waals surface area contributed by atoms with Gasteiger partial charge in [-0.15, -0.1) is 0 Å². The Kier molecular flexibility index (Phi) is 3.57. The van der Waals surface area contributed by atoms with Gasteiger partial charge in [0.05, 0.1) is 4.47 Å². The zero-order chi connectivity index (χ0) is 10.7. The molecule has 1 aromatic heterocycles. The molecule has 0 aliphatic heterocycles. The molecule has 0 aromatic carbocycles. The van der Waals surface area contributed by atoms with E-state index in [2.05, 4.69) is 38.1 Å². The predicted molar refractivity (Wildman–Crippen MR) is 64.8 cm³/mol. The van der Waals surface area contributed by atoms with E-state index in [1.807, 2.05) is 0 Å². The van der Waals surface area contributed by atoms with E-state index in [0.29, 0.717) is 6.04 Å². The highest BCUT2D eigenvalue weighted by atomic mass is 79.9. The molecule has 0 atom stereocenters. The topological polar surface area (TPSA) is 37.8 Å². The SMILES string of the molecule is C[C@H]1CC[C@H](Nc2ncc(Br)cn2)CC1. The van der Waals surface area contributed by atoms with E-state index in [1.54, 1.807) is 12.4 Å². The van der Waals surface area contributed by atoms with Crippen LogP contribution in [0.5, 0.6) is 0 Å². The maximum atomic E-state index is 4.22. The summed E-state index contributed by atoms with van der Waals surface area (Å²) in [4.78, 5) is 8.44. The smallest absolute Gasteiger partial charge is 0.222 e. The minimum atomic E-state index is 0.558. The van der Waals surface area contributed by atoms with E-state index in [-0.39, 0.29) is 0 Å². The third kappa shape index (κ3) is 3.16. The van der Waals surface area contributed by atoms with Crippen molar-refractivity contribution in [3.63, 3.8) is 0 Å². The molecule has 1 aromatic rings. The molecular weight excluding hydrogens is 254 g/mol. The molecule has 0 bridgehead atoms. The minimum absolute atomic E-state index is 0.558. The molecule has 0 unspecified atom stereocenters. The van der Waals surface area contributed by atoms with E-state index in [1.165, 1.54) is 25.7 Å². The zero-order valence-corrected chi connectivity index (χ0v) is 10.5. The fourth-order valence-electron chi connectivity index (χ4n) is 1.97.